The Bertz CT molecular complexity index is 146. The van der Waals surface area contributed by atoms with E-state index >= 15 is 0 Å². The molecule has 0 rings (SSSR count). The molecule has 0 bridgehead atoms. The normalized spacial score (nSPS) is 16.3. The molecule has 1 atom stereocenters. The number of allylic oxidation sites excluding steroid dienone is 2. The van der Waals surface area contributed by atoms with Crippen molar-refractivity contribution in [3.63, 3.8) is 0 Å². The van der Waals surface area contributed by atoms with Crippen molar-refractivity contribution < 1.29 is 0 Å². The molecule has 0 radical (unpaired) electrons. The molecule has 0 saturated carbocycles. The Labute approximate surface area is 78.1 Å². The van der Waals surface area contributed by atoms with Crippen LogP contribution >= 0.6 is 0 Å². The Hall–Kier alpha value is -0.260. The van der Waals surface area contributed by atoms with Gasteiger partial charge in [0.1, 0.15) is 0 Å². The van der Waals surface area contributed by atoms with Crippen LogP contribution in [0.1, 0.15) is 54.4 Å². The molecule has 0 heteroatoms. The van der Waals surface area contributed by atoms with E-state index in [9.17, 15) is 0 Å². The second-order valence-electron chi connectivity index (χ2n) is 4.93. The predicted molar refractivity (Wildman–Crippen MR) is 57.3 cm³/mol. The smallest absolute Gasteiger partial charge is 0.0292 e. The Morgan fingerprint density at radius 2 is 1.83 bits per heavy atom. The van der Waals surface area contributed by atoms with E-state index in [4.69, 9.17) is 0 Å². The molecule has 0 heterocycles. The molecule has 0 amide bonds. The van der Waals surface area contributed by atoms with Crippen LogP contribution in [0.25, 0.3) is 0 Å². The fourth-order valence-electron chi connectivity index (χ4n) is 1.22. The zero-order valence-corrected chi connectivity index (χ0v) is 9.57. The molecule has 0 aliphatic carbocycles. The molecule has 0 aromatic heterocycles. The fourth-order valence-corrected chi connectivity index (χ4v) is 1.22. The third-order valence-electron chi connectivity index (χ3n) is 2.66. The van der Waals surface area contributed by atoms with Crippen molar-refractivity contribution in [1.82, 2.24) is 0 Å². The Kier molecular flexibility index (Phi) is 4.59. The molecule has 0 aliphatic heterocycles. The Morgan fingerprint density at radius 1 is 1.33 bits per heavy atom. The number of hydrogen-bond acceptors (Lipinski definition) is 0. The second-order valence-corrected chi connectivity index (χ2v) is 4.93. The van der Waals surface area contributed by atoms with Crippen LogP contribution in [0, 0.1) is 11.3 Å². The van der Waals surface area contributed by atoms with Crippen molar-refractivity contribution in [3.8, 4) is 0 Å². The van der Waals surface area contributed by atoms with Gasteiger partial charge in [-0.3, -0.25) is 0 Å². The summed E-state index contributed by atoms with van der Waals surface area (Å²) in [6, 6.07) is 0. The molecule has 0 spiro atoms. The molecule has 1 unspecified atom stereocenters. The molecule has 0 fully saturated rings. The van der Waals surface area contributed by atoms with Crippen molar-refractivity contribution in [2.45, 2.75) is 54.4 Å². The monoisotopic (exact) mass is 168 g/mol. The number of rotatable bonds is 3. The largest absolute Gasteiger partial charge is 0.0859 e. The number of hydrogen-bond donors (Lipinski definition) is 0. The van der Waals surface area contributed by atoms with Gasteiger partial charge in [-0.1, -0.05) is 46.3 Å². The van der Waals surface area contributed by atoms with Crippen molar-refractivity contribution >= 4 is 0 Å². The Balaban J connectivity index is 4.01. The highest BCUT2D eigenvalue weighted by Crippen LogP contribution is 2.30. The lowest BCUT2D eigenvalue weighted by molar-refractivity contribution is 0.259. The van der Waals surface area contributed by atoms with Crippen LogP contribution in [0.2, 0.25) is 0 Å². The molecule has 0 N–H and O–H groups in total. The zero-order chi connectivity index (χ0) is 9.78. The molecule has 0 aromatic carbocycles. The minimum atomic E-state index is 0.447. The van der Waals surface area contributed by atoms with Gasteiger partial charge in [-0.2, -0.15) is 0 Å². The SMILES string of the molecule is CCC=C(C)CC(C)C(C)(C)C. The summed E-state index contributed by atoms with van der Waals surface area (Å²) in [6.45, 7) is 13.7. The lowest BCUT2D eigenvalue weighted by atomic mass is 9.78. The maximum atomic E-state index is 2.34. The van der Waals surface area contributed by atoms with Gasteiger partial charge in [0.2, 0.25) is 0 Å². The van der Waals surface area contributed by atoms with E-state index in [1.807, 2.05) is 0 Å². The van der Waals surface area contributed by atoms with Gasteiger partial charge in [-0.15, -0.1) is 0 Å². The van der Waals surface area contributed by atoms with Gasteiger partial charge < -0.3 is 0 Å². The van der Waals surface area contributed by atoms with E-state index in [1.54, 1.807) is 5.57 Å². The first-order chi connectivity index (χ1) is 5.38. The summed E-state index contributed by atoms with van der Waals surface area (Å²) in [5, 5.41) is 0. The maximum absolute atomic E-state index is 2.34. The van der Waals surface area contributed by atoms with Crippen LogP contribution in [-0.2, 0) is 0 Å². The zero-order valence-electron chi connectivity index (χ0n) is 9.57. The molecular formula is C12H24. The molecule has 72 valence electrons. The van der Waals surface area contributed by atoms with Gasteiger partial charge in [0.25, 0.3) is 0 Å². The molecule has 0 aliphatic rings. The summed E-state index contributed by atoms with van der Waals surface area (Å²) in [6.07, 6.45) is 4.75. The molecule has 0 saturated heterocycles. The maximum Gasteiger partial charge on any atom is -0.0292 e. The van der Waals surface area contributed by atoms with Gasteiger partial charge in [0.15, 0.2) is 0 Å². The van der Waals surface area contributed by atoms with E-state index in [2.05, 4.69) is 47.6 Å². The first kappa shape index (κ1) is 11.7. The average molecular weight is 168 g/mol. The molecule has 0 aromatic rings. The average Bonchev–Trinajstić information content (AvgIpc) is 1.85. The van der Waals surface area contributed by atoms with E-state index in [0.29, 0.717) is 5.41 Å². The lowest BCUT2D eigenvalue weighted by Gasteiger charge is -2.27. The van der Waals surface area contributed by atoms with Crippen LogP contribution in [-0.4, -0.2) is 0 Å². The van der Waals surface area contributed by atoms with Crippen LogP contribution in [0.5, 0.6) is 0 Å². The van der Waals surface area contributed by atoms with E-state index in [-0.39, 0.29) is 0 Å². The minimum absolute atomic E-state index is 0.447. The molecule has 12 heavy (non-hydrogen) atoms. The molecular weight excluding hydrogens is 144 g/mol. The highest BCUT2D eigenvalue weighted by molar-refractivity contribution is 4.99. The highest BCUT2D eigenvalue weighted by atomic mass is 14.2. The summed E-state index contributed by atoms with van der Waals surface area (Å²) >= 11 is 0. The lowest BCUT2D eigenvalue weighted by Crippen LogP contribution is -2.17. The van der Waals surface area contributed by atoms with E-state index in [1.165, 1.54) is 12.8 Å². The van der Waals surface area contributed by atoms with Crippen molar-refractivity contribution in [3.05, 3.63) is 11.6 Å². The predicted octanol–water partition coefficient (Wildman–Crippen LogP) is 4.42. The third-order valence-corrected chi connectivity index (χ3v) is 2.66. The first-order valence-corrected chi connectivity index (χ1v) is 5.03. The highest BCUT2D eigenvalue weighted by Gasteiger charge is 2.19. The summed E-state index contributed by atoms with van der Waals surface area (Å²) in [5.74, 6) is 0.778. The first-order valence-electron chi connectivity index (χ1n) is 5.03. The summed E-state index contributed by atoms with van der Waals surface area (Å²) in [7, 11) is 0. The van der Waals surface area contributed by atoms with E-state index in [0.717, 1.165) is 5.92 Å². The van der Waals surface area contributed by atoms with Gasteiger partial charge in [-0.25, -0.2) is 0 Å². The topological polar surface area (TPSA) is 0 Å². The standard InChI is InChI=1S/C12H24/c1-7-8-10(2)9-11(3)12(4,5)6/h8,11H,7,9H2,1-6H3. The van der Waals surface area contributed by atoms with Gasteiger partial charge in [-0.05, 0) is 31.1 Å². The van der Waals surface area contributed by atoms with Crippen molar-refractivity contribution in [2.75, 3.05) is 0 Å². The second kappa shape index (κ2) is 4.69. The summed E-state index contributed by atoms with van der Waals surface area (Å²) in [5.41, 5.74) is 1.99. The van der Waals surface area contributed by atoms with Gasteiger partial charge in [0, 0.05) is 0 Å². The van der Waals surface area contributed by atoms with Gasteiger partial charge in [0.05, 0.1) is 0 Å². The van der Waals surface area contributed by atoms with Crippen LogP contribution in [0.3, 0.4) is 0 Å². The van der Waals surface area contributed by atoms with Crippen LogP contribution in [0.15, 0.2) is 11.6 Å². The van der Waals surface area contributed by atoms with Gasteiger partial charge >= 0.3 is 0 Å². The minimum Gasteiger partial charge on any atom is -0.0859 e. The van der Waals surface area contributed by atoms with E-state index < -0.39 is 0 Å². The Morgan fingerprint density at radius 3 is 2.17 bits per heavy atom. The van der Waals surface area contributed by atoms with Crippen molar-refractivity contribution in [1.29, 1.82) is 0 Å². The van der Waals surface area contributed by atoms with Crippen molar-refractivity contribution in [2.24, 2.45) is 11.3 Å². The third kappa shape index (κ3) is 4.58. The van der Waals surface area contributed by atoms with Crippen LogP contribution < -0.4 is 0 Å². The quantitative estimate of drug-likeness (QED) is 0.547. The van der Waals surface area contributed by atoms with Crippen LogP contribution in [0.4, 0.5) is 0 Å². The summed E-state index contributed by atoms with van der Waals surface area (Å²) in [4.78, 5) is 0. The fraction of sp³-hybridized carbons (Fsp3) is 0.833. The summed E-state index contributed by atoms with van der Waals surface area (Å²) < 4.78 is 0. The molecule has 0 nitrogen and oxygen atoms in total.